The number of hydrogen-bond donors (Lipinski definition) is 3. The Morgan fingerprint density at radius 2 is 1.44 bits per heavy atom. The summed E-state index contributed by atoms with van der Waals surface area (Å²) in [6.45, 7) is 3.26. The zero-order valence-electron chi connectivity index (χ0n) is 16.5. The molecule has 0 fully saturated rings. The van der Waals surface area contributed by atoms with Crippen LogP contribution < -0.4 is 11.5 Å². The number of hydrogen-bond acceptors (Lipinski definition) is 8. The molecule has 0 aliphatic rings. The van der Waals surface area contributed by atoms with E-state index in [1.807, 2.05) is 0 Å². The van der Waals surface area contributed by atoms with Crippen LogP contribution in [0.25, 0.3) is 11.0 Å². The van der Waals surface area contributed by atoms with Crippen molar-refractivity contribution in [3.63, 3.8) is 0 Å². The number of nitrogens with two attached hydrogens (primary N) is 2. The van der Waals surface area contributed by atoms with E-state index in [4.69, 9.17) is 46.3 Å². The maximum atomic E-state index is 13.9. The Morgan fingerprint density at radius 1 is 0.906 bits per heavy atom. The van der Waals surface area contributed by atoms with E-state index >= 15 is 0 Å². The predicted octanol–water partition coefficient (Wildman–Crippen LogP) is 4.15. The minimum Gasteiger partial charge on any atom is -0.394 e. The van der Waals surface area contributed by atoms with Gasteiger partial charge in [-0.05, 0) is 26.0 Å². The lowest BCUT2D eigenvalue weighted by Crippen LogP contribution is -2.07. The molecule has 14 heteroatoms. The molecule has 5 N–H and O–H groups in total. The first-order chi connectivity index (χ1) is 14.9. The topological polar surface area (TPSA) is 154 Å². The number of sulfone groups is 1. The van der Waals surface area contributed by atoms with Crippen LogP contribution in [0.2, 0.25) is 15.5 Å². The number of fused-ring (bicyclic) bond motifs is 1. The third kappa shape index (κ3) is 4.56. The van der Waals surface area contributed by atoms with Gasteiger partial charge in [-0.15, -0.1) is 0 Å². The van der Waals surface area contributed by atoms with Gasteiger partial charge in [0.25, 0.3) is 0 Å². The van der Waals surface area contributed by atoms with Crippen molar-refractivity contribution in [2.24, 2.45) is 0 Å². The van der Waals surface area contributed by atoms with Gasteiger partial charge in [0, 0.05) is 0 Å². The lowest BCUT2D eigenvalue weighted by atomic mass is 10.3. The zero-order valence-corrected chi connectivity index (χ0v) is 19.6. The monoisotopic (exact) mass is 517 g/mol. The molecule has 4 aromatic rings. The van der Waals surface area contributed by atoms with Gasteiger partial charge < -0.3 is 16.5 Å². The Kier molecular flexibility index (Phi) is 6.75. The molecule has 1 aromatic carbocycles. The lowest BCUT2D eigenvalue weighted by Gasteiger charge is -2.05. The zero-order chi connectivity index (χ0) is 23.8. The highest BCUT2D eigenvalue weighted by atomic mass is 35.5. The summed E-state index contributed by atoms with van der Waals surface area (Å²) in [4.78, 5) is 17.4. The van der Waals surface area contributed by atoms with Gasteiger partial charge in [-0.3, -0.25) is 0 Å². The third-order valence-corrected chi connectivity index (χ3v) is 6.77. The van der Waals surface area contributed by atoms with E-state index in [1.165, 1.54) is 18.2 Å². The van der Waals surface area contributed by atoms with Crippen LogP contribution in [0.1, 0.15) is 11.6 Å². The Balaban J connectivity index is 0.000000243. The summed E-state index contributed by atoms with van der Waals surface area (Å²) >= 11 is 17.1. The van der Waals surface area contributed by atoms with E-state index in [2.05, 4.69) is 24.9 Å². The molecule has 0 atom stereocenters. The summed E-state index contributed by atoms with van der Waals surface area (Å²) in [6.07, 6.45) is 0. The number of aromatic amines is 1. The van der Waals surface area contributed by atoms with Crippen LogP contribution in [-0.2, 0) is 9.84 Å². The van der Waals surface area contributed by atoms with Crippen LogP contribution >= 0.6 is 34.8 Å². The number of aromatic nitrogens is 5. The second-order valence-electron chi connectivity index (χ2n) is 6.35. The number of anilines is 2. The first-order valence-corrected chi connectivity index (χ1v) is 11.3. The van der Waals surface area contributed by atoms with Crippen LogP contribution in [0.15, 0.2) is 34.1 Å². The van der Waals surface area contributed by atoms with E-state index in [1.54, 1.807) is 13.8 Å². The van der Waals surface area contributed by atoms with Gasteiger partial charge in [-0.2, -0.15) is 0 Å². The minimum absolute atomic E-state index is 0.0400. The third-order valence-electron chi connectivity index (χ3n) is 4.06. The number of H-pyrrole nitrogens is 1. The highest BCUT2D eigenvalue weighted by Crippen LogP contribution is 2.35. The molecule has 32 heavy (non-hydrogen) atoms. The fourth-order valence-corrected chi connectivity index (χ4v) is 4.97. The van der Waals surface area contributed by atoms with Gasteiger partial charge in [0.05, 0.1) is 0 Å². The van der Waals surface area contributed by atoms with Crippen molar-refractivity contribution in [1.29, 1.82) is 0 Å². The van der Waals surface area contributed by atoms with E-state index in [0.29, 0.717) is 5.82 Å². The number of nitrogens with zero attached hydrogens (tertiary/aromatic N) is 4. The SMILES string of the molecule is Cc1nc(Cl)c(N)c(Cl)n1.Cc1nc(Cl)c2[nH]c(N)c(S(=O)(=O)c3ccccc3F)c2n1. The largest absolute Gasteiger partial charge is 0.394 e. The smallest absolute Gasteiger partial charge is 0.215 e. The van der Waals surface area contributed by atoms with E-state index < -0.39 is 20.5 Å². The Bertz CT molecular complexity index is 1420. The molecule has 9 nitrogen and oxygen atoms in total. The molecule has 3 heterocycles. The number of nitrogens with one attached hydrogen (secondary N) is 1. The first-order valence-electron chi connectivity index (χ1n) is 8.69. The maximum Gasteiger partial charge on any atom is 0.215 e. The fourth-order valence-electron chi connectivity index (χ4n) is 2.69. The van der Waals surface area contributed by atoms with Gasteiger partial charge in [0.15, 0.2) is 15.5 Å². The second-order valence-corrected chi connectivity index (χ2v) is 9.28. The van der Waals surface area contributed by atoms with Crippen LogP contribution in [0.3, 0.4) is 0 Å². The van der Waals surface area contributed by atoms with Crippen molar-refractivity contribution in [1.82, 2.24) is 24.9 Å². The van der Waals surface area contributed by atoms with Crippen LogP contribution in [0.5, 0.6) is 0 Å². The average Bonchev–Trinajstić information content (AvgIpc) is 3.03. The molecular weight excluding hydrogens is 504 g/mol. The standard InChI is InChI=1S/C13H10ClFN4O2S.C5H5Cl2N3/c1-6-17-9-10(12(14)18-6)19-13(16)11(9)22(20,21)8-5-3-2-4-7(8)15;1-2-9-4(6)3(8)5(7)10-2/h2-5,19H,16H2,1H3;8H2,1H3. The Labute approximate surface area is 196 Å². The normalized spacial score (nSPS) is 11.3. The molecule has 0 bridgehead atoms. The number of aryl methyl sites for hydroxylation is 2. The first kappa shape index (κ1) is 23.9. The highest BCUT2D eigenvalue weighted by Gasteiger charge is 2.30. The van der Waals surface area contributed by atoms with Crippen molar-refractivity contribution >= 4 is 67.2 Å². The Morgan fingerprint density at radius 3 is 2.03 bits per heavy atom. The van der Waals surface area contributed by atoms with Crippen molar-refractivity contribution < 1.29 is 12.8 Å². The number of rotatable bonds is 2. The van der Waals surface area contributed by atoms with Gasteiger partial charge in [0.2, 0.25) is 9.84 Å². The molecular formula is C18H15Cl3FN7O2S. The number of benzene rings is 1. The molecule has 0 aliphatic heterocycles. The van der Waals surface area contributed by atoms with Crippen LogP contribution in [0, 0.1) is 19.7 Å². The lowest BCUT2D eigenvalue weighted by molar-refractivity contribution is 0.567. The quantitative estimate of drug-likeness (QED) is 0.334. The number of nitrogen functional groups attached to an aromatic ring is 2. The summed E-state index contributed by atoms with van der Waals surface area (Å²) in [7, 11) is -4.20. The summed E-state index contributed by atoms with van der Waals surface area (Å²) < 4.78 is 39.3. The molecule has 0 saturated carbocycles. The molecule has 0 aliphatic carbocycles. The summed E-state index contributed by atoms with van der Waals surface area (Å²) in [5, 5.41) is 0.458. The van der Waals surface area contributed by atoms with Crippen molar-refractivity contribution in [3.05, 3.63) is 57.2 Å². The second kappa shape index (κ2) is 9.02. The van der Waals surface area contributed by atoms with Crippen LogP contribution in [-0.4, -0.2) is 33.3 Å². The van der Waals surface area contributed by atoms with Gasteiger partial charge >= 0.3 is 0 Å². The van der Waals surface area contributed by atoms with E-state index in [9.17, 15) is 12.8 Å². The Hall–Kier alpha value is -2.73. The van der Waals surface area contributed by atoms with Crippen LogP contribution in [0.4, 0.5) is 15.9 Å². The molecule has 0 spiro atoms. The fraction of sp³-hybridized carbons (Fsp3) is 0.111. The molecule has 168 valence electrons. The van der Waals surface area contributed by atoms with E-state index in [-0.39, 0.29) is 48.7 Å². The van der Waals surface area contributed by atoms with Crippen molar-refractivity contribution in [3.8, 4) is 0 Å². The average molecular weight is 519 g/mol. The molecule has 0 radical (unpaired) electrons. The van der Waals surface area contributed by atoms with Gasteiger partial charge in [0.1, 0.15) is 49.8 Å². The molecule has 0 amide bonds. The predicted molar refractivity (Wildman–Crippen MR) is 121 cm³/mol. The summed E-state index contributed by atoms with van der Waals surface area (Å²) in [5.74, 6) is -0.237. The minimum atomic E-state index is -4.20. The van der Waals surface area contributed by atoms with E-state index in [0.717, 1.165) is 6.07 Å². The van der Waals surface area contributed by atoms with Gasteiger partial charge in [-0.25, -0.2) is 32.7 Å². The number of halogens is 4. The summed E-state index contributed by atoms with van der Waals surface area (Å²) in [5.41, 5.74) is 11.6. The van der Waals surface area contributed by atoms with Gasteiger partial charge in [-0.1, -0.05) is 46.9 Å². The maximum absolute atomic E-state index is 13.9. The summed E-state index contributed by atoms with van der Waals surface area (Å²) in [6, 6.07) is 5.05. The molecule has 4 rings (SSSR count). The molecule has 0 saturated heterocycles. The van der Waals surface area contributed by atoms with Crippen molar-refractivity contribution in [2.75, 3.05) is 11.5 Å². The highest BCUT2D eigenvalue weighted by molar-refractivity contribution is 7.92. The molecule has 0 unspecified atom stereocenters. The molecule has 3 aromatic heterocycles. The van der Waals surface area contributed by atoms with Crippen molar-refractivity contribution in [2.45, 2.75) is 23.6 Å².